The molecule has 0 aliphatic heterocycles. The average molecular weight is 119 g/mol. The minimum Gasteiger partial charge on any atom is -0.355 e. The first-order valence-electron chi connectivity index (χ1n) is 2.11. The van der Waals surface area contributed by atoms with E-state index in [4.69, 9.17) is 0 Å². The highest BCUT2D eigenvalue weighted by Crippen LogP contribution is 1.80. The smallest absolute Gasteiger partial charge is 0.207 e. The third kappa shape index (κ3) is 3.66. The number of carbonyl (C=O) groups excluding carboxylic acids is 1. The standard InChI is InChI=1S/C4H9NOS/c1-4(2-7)5-3-6/h3-4,7H,2H2,1H3,(H,5,6). The second-order valence-corrected chi connectivity index (χ2v) is 1.73. The van der Waals surface area contributed by atoms with Crippen molar-refractivity contribution in [2.45, 2.75) is 13.0 Å². The SMILES string of the molecule is CC(CS)NC=O. The summed E-state index contributed by atoms with van der Waals surface area (Å²) in [6.07, 6.45) is 0.681. The van der Waals surface area contributed by atoms with E-state index in [1.807, 2.05) is 6.92 Å². The van der Waals surface area contributed by atoms with Gasteiger partial charge in [0.1, 0.15) is 0 Å². The largest absolute Gasteiger partial charge is 0.355 e. The zero-order valence-corrected chi connectivity index (χ0v) is 5.11. The Balaban J connectivity index is 2.98. The van der Waals surface area contributed by atoms with Gasteiger partial charge in [0.2, 0.25) is 6.41 Å². The van der Waals surface area contributed by atoms with E-state index in [0.717, 1.165) is 0 Å². The molecule has 0 bridgehead atoms. The van der Waals surface area contributed by atoms with Crippen LogP contribution < -0.4 is 5.32 Å². The van der Waals surface area contributed by atoms with Gasteiger partial charge in [0, 0.05) is 11.8 Å². The fourth-order valence-corrected chi connectivity index (χ4v) is 0.274. The van der Waals surface area contributed by atoms with Gasteiger partial charge in [-0.3, -0.25) is 4.79 Å². The Morgan fingerprint density at radius 2 is 2.57 bits per heavy atom. The van der Waals surface area contributed by atoms with Crippen molar-refractivity contribution in [1.29, 1.82) is 0 Å². The van der Waals surface area contributed by atoms with Crippen molar-refractivity contribution in [3.05, 3.63) is 0 Å². The molecule has 0 fully saturated rings. The molecule has 0 aromatic rings. The number of rotatable bonds is 3. The van der Waals surface area contributed by atoms with E-state index in [-0.39, 0.29) is 6.04 Å². The lowest BCUT2D eigenvalue weighted by molar-refractivity contribution is -0.109. The molecule has 0 aromatic heterocycles. The summed E-state index contributed by atoms with van der Waals surface area (Å²) in [7, 11) is 0. The number of hydrogen-bond donors (Lipinski definition) is 2. The van der Waals surface area contributed by atoms with Gasteiger partial charge >= 0.3 is 0 Å². The number of amides is 1. The maximum atomic E-state index is 9.63. The monoisotopic (exact) mass is 119 g/mol. The minimum atomic E-state index is 0.195. The second-order valence-electron chi connectivity index (χ2n) is 1.37. The van der Waals surface area contributed by atoms with E-state index >= 15 is 0 Å². The Labute approximate surface area is 48.7 Å². The van der Waals surface area contributed by atoms with Crippen LogP contribution in [0.1, 0.15) is 6.92 Å². The molecule has 42 valence electrons. The summed E-state index contributed by atoms with van der Waals surface area (Å²) in [6.45, 7) is 1.89. The molecule has 1 N–H and O–H groups in total. The number of hydrogen-bond acceptors (Lipinski definition) is 2. The molecule has 1 unspecified atom stereocenters. The van der Waals surface area contributed by atoms with Crippen LogP contribution in [-0.2, 0) is 4.79 Å². The Morgan fingerprint density at radius 3 is 2.71 bits per heavy atom. The maximum absolute atomic E-state index is 9.63. The topological polar surface area (TPSA) is 29.1 Å². The van der Waals surface area contributed by atoms with Crippen LogP contribution >= 0.6 is 12.6 Å². The minimum absolute atomic E-state index is 0.195. The normalized spacial score (nSPS) is 12.9. The first-order valence-corrected chi connectivity index (χ1v) is 2.75. The summed E-state index contributed by atoms with van der Waals surface area (Å²) >= 11 is 3.93. The lowest BCUT2D eigenvalue weighted by Crippen LogP contribution is -2.25. The molecular formula is C4H9NOS. The van der Waals surface area contributed by atoms with Gasteiger partial charge in [-0.15, -0.1) is 0 Å². The third-order valence-corrected chi connectivity index (χ3v) is 1.17. The first kappa shape index (κ1) is 6.82. The van der Waals surface area contributed by atoms with Gasteiger partial charge < -0.3 is 5.32 Å². The van der Waals surface area contributed by atoms with Crippen molar-refractivity contribution >= 4 is 19.0 Å². The molecule has 0 spiro atoms. The lowest BCUT2D eigenvalue weighted by atomic mass is 10.4. The maximum Gasteiger partial charge on any atom is 0.207 e. The van der Waals surface area contributed by atoms with E-state index in [1.165, 1.54) is 0 Å². The predicted octanol–water partition coefficient (Wildman–Crippen LogP) is 0.0507. The lowest BCUT2D eigenvalue weighted by Gasteiger charge is -2.02. The van der Waals surface area contributed by atoms with Crippen LogP contribution in [0.2, 0.25) is 0 Å². The highest BCUT2D eigenvalue weighted by Gasteiger charge is 1.90. The summed E-state index contributed by atoms with van der Waals surface area (Å²) in [4.78, 5) is 9.63. The molecule has 7 heavy (non-hydrogen) atoms. The van der Waals surface area contributed by atoms with Crippen LogP contribution in [0.4, 0.5) is 0 Å². The van der Waals surface area contributed by atoms with E-state index in [2.05, 4.69) is 17.9 Å². The van der Waals surface area contributed by atoms with E-state index in [1.54, 1.807) is 0 Å². The van der Waals surface area contributed by atoms with Crippen LogP contribution in [0, 0.1) is 0 Å². The van der Waals surface area contributed by atoms with Crippen molar-refractivity contribution in [2.75, 3.05) is 5.75 Å². The number of nitrogens with one attached hydrogen (secondary N) is 1. The van der Waals surface area contributed by atoms with E-state index in [9.17, 15) is 4.79 Å². The number of carbonyl (C=O) groups is 1. The van der Waals surface area contributed by atoms with E-state index in [0.29, 0.717) is 12.2 Å². The molecule has 1 amide bonds. The van der Waals surface area contributed by atoms with Crippen LogP contribution in [0.3, 0.4) is 0 Å². The first-order chi connectivity index (χ1) is 3.31. The summed E-state index contributed by atoms with van der Waals surface area (Å²) in [6, 6.07) is 0.195. The van der Waals surface area contributed by atoms with Crippen molar-refractivity contribution < 1.29 is 4.79 Å². The summed E-state index contributed by atoms with van der Waals surface area (Å²) in [5.74, 6) is 0.693. The molecule has 1 atom stereocenters. The Morgan fingerprint density at radius 1 is 2.00 bits per heavy atom. The molecule has 2 nitrogen and oxygen atoms in total. The fraction of sp³-hybridized carbons (Fsp3) is 0.750. The second kappa shape index (κ2) is 3.99. The van der Waals surface area contributed by atoms with Gasteiger partial charge in [0.25, 0.3) is 0 Å². The zero-order valence-electron chi connectivity index (χ0n) is 4.22. The van der Waals surface area contributed by atoms with Gasteiger partial charge in [-0.1, -0.05) is 0 Å². The molecule has 0 aromatic carbocycles. The Kier molecular flexibility index (Phi) is 3.89. The van der Waals surface area contributed by atoms with Crippen molar-refractivity contribution in [2.24, 2.45) is 0 Å². The molecule has 0 radical (unpaired) electrons. The predicted molar refractivity (Wildman–Crippen MR) is 32.5 cm³/mol. The van der Waals surface area contributed by atoms with Crippen LogP contribution in [-0.4, -0.2) is 18.2 Å². The van der Waals surface area contributed by atoms with Gasteiger partial charge in [-0.25, -0.2) is 0 Å². The van der Waals surface area contributed by atoms with Gasteiger partial charge in [0.05, 0.1) is 0 Å². The molecule has 0 rings (SSSR count). The van der Waals surface area contributed by atoms with Crippen molar-refractivity contribution in [3.8, 4) is 0 Å². The van der Waals surface area contributed by atoms with Gasteiger partial charge in [0.15, 0.2) is 0 Å². The average Bonchev–Trinajstić information content (AvgIpc) is 1.68. The third-order valence-electron chi connectivity index (χ3n) is 0.626. The Bertz CT molecular complexity index is 57.7. The molecule has 0 aliphatic carbocycles. The summed E-state index contributed by atoms with van der Waals surface area (Å²) in [5.41, 5.74) is 0. The number of thiol groups is 1. The highest BCUT2D eigenvalue weighted by molar-refractivity contribution is 7.80. The van der Waals surface area contributed by atoms with Crippen molar-refractivity contribution in [3.63, 3.8) is 0 Å². The highest BCUT2D eigenvalue weighted by atomic mass is 32.1. The molecular weight excluding hydrogens is 110 g/mol. The molecule has 0 heterocycles. The molecule has 0 aliphatic rings. The molecule has 0 saturated carbocycles. The van der Waals surface area contributed by atoms with Crippen molar-refractivity contribution in [1.82, 2.24) is 5.32 Å². The summed E-state index contributed by atoms with van der Waals surface area (Å²) in [5, 5.41) is 2.54. The molecule has 0 saturated heterocycles. The van der Waals surface area contributed by atoms with E-state index < -0.39 is 0 Å². The van der Waals surface area contributed by atoms with Crippen LogP contribution in [0.25, 0.3) is 0 Å². The quantitative estimate of drug-likeness (QED) is 0.399. The zero-order chi connectivity index (χ0) is 5.70. The van der Waals surface area contributed by atoms with Gasteiger partial charge in [-0.2, -0.15) is 12.6 Å². The Hall–Kier alpha value is -0.180. The van der Waals surface area contributed by atoms with Crippen LogP contribution in [0.15, 0.2) is 0 Å². The fourth-order valence-electron chi connectivity index (χ4n) is 0.169. The molecule has 3 heteroatoms. The summed E-state index contributed by atoms with van der Waals surface area (Å²) < 4.78 is 0. The van der Waals surface area contributed by atoms with Crippen LogP contribution in [0.5, 0.6) is 0 Å². The van der Waals surface area contributed by atoms with Gasteiger partial charge in [-0.05, 0) is 6.92 Å².